The van der Waals surface area contributed by atoms with Crippen molar-refractivity contribution in [1.29, 1.82) is 0 Å². The van der Waals surface area contributed by atoms with E-state index in [0.29, 0.717) is 26.2 Å². The highest BCUT2D eigenvalue weighted by Crippen LogP contribution is 2.26. The highest BCUT2D eigenvalue weighted by molar-refractivity contribution is 5.80. The molecule has 18 heavy (non-hydrogen) atoms. The molecular formula is C12H21N3O3. The van der Waals surface area contributed by atoms with E-state index in [1.165, 1.54) is 7.11 Å². The predicted octanol–water partition coefficient (Wildman–Crippen LogP) is 0.0244. The van der Waals surface area contributed by atoms with Crippen LogP contribution in [0.3, 0.4) is 0 Å². The Hall–Kier alpha value is -1.30. The highest BCUT2D eigenvalue weighted by atomic mass is 16.5. The molecule has 2 amide bonds. The summed E-state index contributed by atoms with van der Waals surface area (Å²) in [6, 6.07) is 0.0103. The number of carbonyl (C=O) groups excluding carboxylic acids is 2. The molecule has 2 N–H and O–H groups in total. The van der Waals surface area contributed by atoms with Crippen LogP contribution < -0.4 is 5.73 Å². The number of rotatable bonds is 1. The van der Waals surface area contributed by atoms with Crippen molar-refractivity contribution in [2.45, 2.75) is 25.3 Å². The molecule has 0 radical (unpaired) electrons. The zero-order valence-corrected chi connectivity index (χ0v) is 10.8. The minimum atomic E-state index is -0.320. The Kier molecular flexibility index (Phi) is 4.06. The number of methoxy groups -OCH3 is 1. The van der Waals surface area contributed by atoms with Crippen LogP contribution in [0, 0.1) is 5.92 Å². The van der Waals surface area contributed by atoms with Gasteiger partial charge in [0, 0.05) is 32.2 Å². The first-order chi connectivity index (χ1) is 8.63. The van der Waals surface area contributed by atoms with Crippen molar-refractivity contribution in [2.75, 3.05) is 33.3 Å². The van der Waals surface area contributed by atoms with Crippen LogP contribution in [0.25, 0.3) is 0 Å². The molecule has 6 heteroatoms. The Morgan fingerprint density at radius 2 is 1.72 bits per heavy atom. The number of nitrogens with zero attached hydrogens (tertiary/aromatic N) is 2. The number of hydrogen-bond acceptors (Lipinski definition) is 4. The van der Waals surface area contributed by atoms with Crippen LogP contribution in [-0.4, -0.2) is 61.1 Å². The average molecular weight is 255 g/mol. The Balaban J connectivity index is 1.86. The molecule has 0 bridgehead atoms. The van der Waals surface area contributed by atoms with E-state index in [-0.39, 0.29) is 24.0 Å². The van der Waals surface area contributed by atoms with E-state index in [9.17, 15) is 9.59 Å². The highest BCUT2D eigenvalue weighted by Gasteiger charge is 2.35. The lowest BCUT2D eigenvalue weighted by Crippen LogP contribution is -2.53. The van der Waals surface area contributed by atoms with Crippen molar-refractivity contribution in [2.24, 2.45) is 11.7 Å². The van der Waals surface area contributed by atoms with Gasteiger partial charge in [-0.1, -0.05) is 6.42 Å². The fraction of sp³-hybridized carbons (Fsp3) is 0.833. The van der Waals surface area contributed by atoms with Crippen LogP contribution in [-0.2, 0) is 9.53 Å². The van der Waals surface area contributed by atoms with Gasteiger partial charge >= 0.3 is 6.09 Å². The van der Waals surface area contributed by atoms with E-state index < -0.39 is 0 Å². The molecule has 0 spiro atoms. The molecule has 2 rings (SSSR count). The summed E-state index contributed by atoms with van der Waals surface area (Å²) in [6.07, 6.45) is 2.56. The normalized spacial score (nSPS) is 28.3. The molecule has 0 aromatic rings. The third-order valence-corrected chi connectivity index (χ3v) is 3.91. The van der Waals surface area contributed by atoms with Crippen molar-refractivity contribution in [1.82, 2.24) is 9.80 Å². The van der Waals surface area contributed by atoms with Crippen LogP contribution in [0.15, 0.2) is 0 Å². The first-order valence-electron chi connectivity index (χ1n) is 6.50. The molecule has 2 aliphatic rings. The second-order valence-corrected chi connectivity index (χ2v) is 4.98. The molecule has 2 atom stereocenters. The van der Waals surface area contributed by atoms with E-state index in [1.54, 1.807) is 4.90 Å². The van der Waals surface area contributed by atoms with Crippen LogP contribution in [0.4, 0.5) is 4.79 Å². The smallest absolute Gasteiger partial charge is 0.409 e. The van der Waals surface area contributed by atoms with Gasteiger partial charge < -0.3 is 20.3 Å². The van der Waals surface area contributed by atoms with Gasteiger partial charge in [0.1, 0.15) is 0 Å². The maximum atomic E-state index is 12.3. The lowest BCUT2D eigenvalue weighted by molar-refractivity contribution is -0.137. The second-order valence-electron chi connectivity index (χ2n) is 4.98. The molecule has 102 valence electrons. The van der Waals surface area contributed by atoms with Gasteiger partial charge in [0.05, 0.1) is 13.0 Å². The summed E-state index contributed by atoms with van der Waals surface area (Å²) in [4.78, 5) is 27.1. The number of ether oxygens (including phenoxy) is 1. The Morgan fingerprint density at radius 1 is 1.11 bits per heavy atom. The summed E-state index contributed by atoms with van der Waals surface area (Å²) in [7, 11) is 1.37. The van der Waals surface area contributed by atoms with Crippen molar-refractivity contribution < 1.29 is 14.3 Å². The molecule has 1 heterocycles. The lowest BCUT2D eigenvalue weighted by atomic mass is 10.0. The van der Waals surface area contributed by atoms with Crippen LogP contribution in [0.2, 0.25) is 0 Å². The maximum Gasteiger partial charge on any atom is 0.409 e. The van der Waals surface area contributed by atoms with Crippen LogP contribution >= 0.6 is 0 Å². The lowest BCUT2D eigenvalue weighted by Gasteiger charge is -2.35. The van der Waals surface area contributed by atoms with Gasteiger partial charge in [0.25, 0.3) is 0 Å². The van der Waals surface area contributed by atoms with Crippen LogP contribution in [0.1, 0.15) is 19.3 Å². The quantitative estimate of drug-likeness (QED) is 0.717. The number of carbonyl (C=O) groups is 2. The molecule has 1 aliphatic heterocycles. The summed E-state index contributed by atoms with van der Waals surface area (Å²) in [5.41, 5.74) is 5.95. The summed E-state index contributed by atoms with van der Waals surface area (Å²) < 4.78 is 4.67. The zero-order chi connectivity index (χ0) is 13.1. The molecule has 2 unspecified atom stereocenters. The standard InChI is InChI=1S/C12H21N3O3/c1-18-12(17)15-7-5-14(6-8-15)11(16)9-3-2-4-10(9)13/h9-10H,2-8,13H2,1H3. The molecule has 0 aromatic carbocycles. The fourth-order valence-electron chi connectivity index (χ4n) is 2.77. The molecule has 2 fully saturated rings. The Bertz CT molecular complexity index is 327. The summed E-state index contributed by atoms with van der Waals surface area (Å²) in [5, 5.41) is 0. The second kappa shape index (κ2) is 5.56. The maximum absolute atomic E-state index is 12.3. The van der Waals surface area contributed by atoms with Gasteiger partial charge in [-0.15, -0.1) is 0 Å². The number of amides is 2. The largest absolute Gasteiger partial charge is 0.453 e. The molecule has 6 nitrogen and oxygen atoms in total. The predicted molar refractivity (Wildman–Crippen MR) is 65.9 cm³/mol. The van der Waals surface area contributed by atoms with Gasteiger partial charge in [0.15, 0.2) is 0 Å². The summed E-state index contributed by atoms with van der Waals surface area (Å²) in [5.74, 6) is 0.138. The van der Waals surface area contributed by atoms with Crippen LogP contribution in [0.5, 0.6) is 0 Å². The van der Waals surface area contributed by atoms with Crippen molar-refractivity contribution in [3.63, 3.8) is 0 Å². The molecule has 0 aromatic heterocycles. The van der Waals surface area contributed by atoms with E-state index in [0.717, 1.165) is 19.3 Å². The third-order valence-electron chi connectivity index (χ3n) is 3.91. The zero-order valence-electron chi connectivity index (χ0n) is 10.8. The molecule has 1 saturated carbocycles. The van der Waals surface area contributed by atoms with Crippen molar-refractivity contribution in [3.8, 4) is 0 Å². The molecule has 1 saturated heterocycles. The van der Waals surface area contributed by atoms with E-state index in [2.05, 4.69) is 4.74 Å². The SMILES string of the molecule is COC(=O)N1CCN(C(=O)C2CCCC2N)CC1. The van der Waals surface area contributed by atoms with Gasteiger partial charge in [0.2, 0.25) is 5.91 Å². The third kappa shape index (κ3) is 2.58. The molecule has 1 aliphatic carbocycles. The van der Waals surface area contributed by atoms with E-state index in [4.69, 9.17) is 5.73 Å². The number of piperazine rings is 1. The number of hydrogen-bond donors (Lipinski definition) is 1. The van der Waals surface area contributed by atoms with Gasteiger partial charge in [-0.2, -0.15) is 0 Å². The summed E-state index contributed by atoms with van der Waals surface area (Å²) >= 11 is 0. The van der Waals surface area contributed by atoms with Crippen molar-refractivity contribution >= 4 is 12.0 Å². The van der Waals surface area contributed by atoms with Gasteiger partial charge in [-0.3, -0.25) is 4.79 Å². The summed E-state index contributed by atoms with van der Waals surface area (Å²) in [6.45, 7) is 2.25. The minimum absolute atomic E-state index is 0.0103. The fourth-order valence-corrected chi connectivity index (χ4v) is 2.77. The topological polar surface area (TPSA) is 75.9 Å². The molecular weight excluding hydrogens is 234 g/mol. The average Bonchev–Trinajstić information content (AvgIpc) is 2.83. The van der Waals surface area contributed by atoms with Crippen molar-refractivity contribution in [3.05, 3.63) is 0 Å². The van der Waals surface area contributed by atoms with E-state index >= 15 is 0 Å². The minimum Gasteiger partial charge on any atom is -0.453 e. The Labute approximate surface area is 107 Å². The van der Waals surface area contributed by atoms with E-state index in [1.807, 2.05) is 4.90 Å². The number of nitrogens with two attached hydrogens (primary N) is 1. The van der Waals surface area contributed by atoms with Gasteiger partial charge in [-0.25, -0.2) is 4.79 Å². The monoisotopic (exact) mass is 255 g/mol. The Morgan fingerprint density at radius 3 is 2.22 bits per heavy atom. The first kappa shape index (κ1) is 13.1. The van der Waals surface area contributed by atoms with Gasteiger partial charge in [-0.05, 0) is 12.8 Å². The first-order valence-corrected chi connectivity index (χ1v) is 6.50.